The second-order valence-electron chi connectivity index (χ2n) is 6.71. The van der Waals surface area contributed by atoms with Crippen LogP contribution in [0.4, 0.5) is 0 Å². The van der Waals surface area contributed by atoms with Gasteiger partial charge in [-0.15, -0.1) is 0 Å². The lowest BCUT2D eigenvalue weighted by molar-refractivity contribution is -0.127. The van der Waals surface area contributed by atoms with Gasteiger partial charge in [0.1, 0.15) is 6.04 Å². The Kier molecular flexibility index (Phi) is 10.3. The predicted octanol–water partition coefficient (Wildman–Crippen LogP) is 1.83. The summed E-state index contributed by atoms with van der Waals surface area (Å²) >= 11 is 2.21. The first kappa shape index (κ1) is 23.0. The van der Waals surface area contributed by atoms with E-state index in [4.69, 9.17) is 0 Å². The second kappa shape index (κ2) is 10.8. The van der Waals surface area contributed by atoms with Crippen LogP contribution in [0.1, 0.15) is 41.5 Å². The molecule has 0 unspecified atom stereocenters. The Morgan fingerprint density at radius 3 is 2.08 bits per heavy atom. The van der Waals surface area contributed by atoms with E-state index in [9.17, 15) is 19.2 Å². The molecule has 0 bridgehead atoms. The van der Waals surface area contributed by atoms with Crippen molar-refractivity contribution in [3.05, 3.63) is 0 Å². The van der Waals surface area contributed by atoms with Crippen LogP contribution in [0, 0.1) is 11.3 Å². The van der Waals surface area contributed by atoms with Crippen molar-refractivity contribution in [2.24, 2.45) is 11.3 Å². The van der Waals surface area contributed by atoms with Crippen LogP contribution in [0.3, 0.4) is 0 Å². The van der Waals surface area contributed by atoms with Crippen molar-refractivity contribution < 1.29 is 19.2 Å². The maximum atomic E-state index is 12.2. The van der Waals surface area contributed by atoms with E-state index in [-0.39, 0.29) is 33.7 Å². The predicted molar refractivity (Wildman–Crippen MR) is 99.8 cm³/mol. The number of amides is 2. The molecule has 2 N–H and O–H groups in total. The van der Waals surface area contributed by atoms with Crippen molar-refractivity contribution in [2.75, 3.05) is 18.1 Å². The van der Waals surface area contributed by atoms with Crippen LogP contribution in [0.5, 0.6) is 0 Å². The van der Waals surface area contributed by atoms with E-state index >= 15 is 0 Å². The van der Waals surface area contributed by atoms with Crippen molar-refractivity contribution in [1.82, 2.24) is 10.6 Å². The fourth-order valence-electron chi connectivity index (χ4n) is 1.42. The van der Waals surface area contributed by atoms with E-state index in [0.717, 1.165) is 11.8 Å². The van der Waals surface area contributed by atoms with Gasteiger partial charge in [-0.1, -0.05) is 58.1 Å². The van der Waals surface area contributed by atoms with Crippen molar-refractivity contribution in [3.63, 3.8) is 0 Å². The van der Waals surface area contributed by atoms with E-state index < -0.39 is 11.5 Å². The summed E-state index contributed by atoms with van der Waals surface area (Å²) in [5.74, 6) is -0.151. The molecule has 6 nitrogen and oxygen atoms in total. The molecule has 0 aromatic rings. The summed E-state index contributed by atoms with van der Waals surface area (Å²) in [4.78, 5) is 46.8. The van der Waals surface area contributed by atoms with Crippen molar-refractivity contribution in [2.45, 2.75) is 47.6 Å². The standard InChI is InChI=1S/C16H28N2O4S2/c1-10(2)14(21)24-9-12(18-11(3)19)13(20)17-7-8-23-15(22)16(4,5)6/h10,12H,7-9H2,1-6H3,(H,17,20)(H,18,19)/t12-/m0/s1. The molecule has 0 aliphatic heterocycles. The first-order valence-electron chi connectivity index (χ1n) is 7.83. The van der Waals surface area contributed by atoms with E-state index in [1.807, 2.05) is 20.8 Å². The summed E-state index contributed by atoms with van der Waals surface area (Å²) in [6.45, 7) is 10.7. The highest BCUT2D eigenvalue weighted by Crippen LogP contribution is 2.22. The molecule has 24 heavy (non-hydrogen) atoms. The zero-order chi connectivity index (χ0) is 18.9. The molecule has 2 amide bonds. The van der Waals surface area contributed by atoms with Crippen LogP contribution in [-0.4, -0.2) is 46.1 Å². The monoisotopic (exact) mass is 376 g/mol. The molecule has 0 aromatic carbocycles. The normalized spacial score (nSPS) is 12.6. The maximum Gasteiger partial charge on any atom is 0.243 e. The third-order valence-electron chi connectivity index (χ3n) is 2.80. The maximum absolute atomic E-state index is 12.2. The van der Waals surface area contributed by atoms with E-state index in [1.165, 1.54) is 18.7 Å². The minimum Gasteiger partial charge on any atom is -0.353 e. The lowest BCUT2D eigenvalue weighted by atomic mass is 10.00. The van der Waals surface area contributed by atoms with E-state index in [1.54, 1.807) is 13.8 Å². The van der Waals surface area contributed by atoms with Gasteiger partial charge in [0, 0.05) is 36.3 Å². The Bertz CT molecular complexity index is 473. The molecule has 0 saturated heterocycles. The van der Waals surface area contributed by atoms with Gasteiger partial charge in [0.2, 0.25) is 11.8 Å². The summed E-state index contributed by atoms with van der Waals surface area (Å²) in [6.07, 6.45) is 0. The average Bonchev–Trinajstić information content (AvgIpc) is 2.45. The molecular formula is C16H28N2O4S2. The number of rotatable bonds is 8. The highest BCUT2D eigenvalue weighted by Gasteiger charge is 2.23. The summed E-state index contributed by atoms with van der Waals surface area (Å²) in [7, 11) is 0. The third-order valence-corrected chi connectivity index (χ3v) is 5.34. The van der Waals surface area contributed by atoms with Crippen molar-refractivity contribution >= 4 is 45.6 Å². The average molecular weight is 377 g/mol. The van der Waals surface area contributed by atoms with Crippen LogP contribution in [0.25, 0.3) is 0 Å². The summed E-state index contributed by atoms with van der Waals surface area (Å²) < 4.78 is 0. The number of hydrogen-bond donors (Lipinski definition) is 2. The van der Waals surface area contributed by atoms with Crippen LogP contribution in [-0.2, 0) is 19.2 Å². The quantitative estimate of drug-likeness (QED) is 0.628. The molecule has 8 heteroatoms. The van der Waals surface area contributed by atoms with Crippen molar-refractivity contribution in [3.8, 4) is 0 Å². The largest absolute Gasteiger partial charge is 0.353 e. The Morgan fingerprint density at radius 2 is 1.62 bits per heavy atom. The molecule has 0 aromatic heterocycles. The Hall–Kier alpha value is -1.02. The van der Waals surface area contributed by atoms with Gasteiger partial charge >= 0.3 is 0 Å². The van der Waals surface area contributed by atoms with Gasteiger partial charge in [0.25, 0.3) is 0 Å². The molecule has 0 spiro atoms. The van der Waals surface area contributed by atoms with Crippen LogP contribution < -0.4 is 10.6 Å². The highest BCUT2D eigenvalue weighted by atomic mass is 32.2. The van der Waals surface area contributed by atoms with Crippen LogP contribution in [0.2, 0.25) is 0 Å². The van der Waals surface area contributed by atoms with E-state index in [2.05, 4.69) is 10.6 Å². The molecule has 138 valence electrons. The highest BCUT2D eigenvalue weighted by molar-refractivity contribution is 8.14. The zero-order valence-corrected chi connectivity index (χ0v) is 16.9. The first-order valence-corrected chi connectivity index (χ1v) is 9.81. The van der Waals surface area contributed by atoms with Crippen LogP contribution >= 0.6 is 23.5 Å². The Labute approximate surface area is 152 Å². The smallest absolute Gasteiger partial charge is 0.243 e. The minimum atomic E-state index is -0.765. The number of nitrogens with one attached hydrogen (secondary N) is 2. The zero-order valence-electron chi connectivity index (χ0n) is 15.2. The fraction of sp³-hybridized carbons (Fsp3) is 0.750. The topological polar surface area (TPSA) is 92.3 Å². The van der Waals surface area contributed by atoms with Gasteiger partial charge in [-0.25, -0.2) is 0 Å². The second-order valence-corrected chi connectivity index (χ2v) is 8.81. The van der Waals surface area contributed by atoms with Gasteiger partial charge < -0.3 is 10.6 Å². The van der Waals surface area contributed by atoms with E-state index in [0.29, 0.717) is 12.3 Å². The lowest BCUT2D eigenvalue weighted by Crippen LogP contribution is -2.48. The molecule has 0 heterocycles. The van der Waals surface area contributed by atoms with Gasteiger partial charge in [0.05, 0.1) is 0 Å². The summed E-state index contributed by atoms with van der Waals surface area (Å²) in [6, 6.07) is -0.765. The number of thioether (sulfide) groups is 2. The van der Waals surface area contributed by atoms with Gasteiger partial charge in [-0.3, -0.25) is 19.2 Å². The number of carbonyl (C=O) groups excluding carboxylic acids is 4. The summed E-state index contributed by atoms with van der Waals surface area (Å²) in [5, 5.41) is 5.29. The third kappa shape index (κ3) is 9.97. The first-order chi connectivity index (χ1) is 10.9. The van der Waals surface area contributed by atoms with Crippen molar-refractivity contribution in [1.29, 1.82) is 0 Å². The molecule has 0 rings (SSSR count). The number of hydrogen-bond acceptors (Lipinski definition) is 6. The fourth-order valence-corrected chi connectivity index (χ4v) is 3.14. The molecule has 0 fully saturated rings. The molecule has 0 aliphatic rings. The number of carbonyl (C=O) groups is 4. The minimum absolute atomic E-state index is 0.0236. The summed E-state index contributed by atoms with van der Waals surface area (Å²) in [5.41, 5.74) is -0.415. The Morgan fingerprint density at radius 1 is 1.04 bits per heavy atom. The lowest BCUT2D eigenvalue weighted by Gasteiger charge is -2.18. The molecule has 1 atom stereocenters. The SMILES string of the molecule is CC(=O)N[C@@H](CSC(=O)C(C)C)C(=O)NCCSC(=O)C(C)(C)C. The Balaban J connectivity index is 4.38. The molecular weight excluding hydrogens is 348 g/mol. The van der Waals surface area contributed by atoms with Gasteiger partial charge in [-0.2, -0.15) is 0 Å². The molecule has 0 radical (unpaired) electrons. The van der Waals surface area contributed by atoms with Gasteiger partial charge in [0.15, 0.2) is 10.2 Å². The van der Waals surface area contributed by atoms with Crippen LogP contribution in [0.15, 0.2) is 0 Å². The molecule has 0 aliphatic carbocycles. The van der Waals surface area contributed by atoms with Gasteiger partial charge in [-0.05, 0) is 0 Å². The molecule has 0 saturated carbocycles.